The van der Waals surface area contributed by atoms with Crippen LogP contribution in [0.5, 0.6) is 0 Å². The third-order valence-electron chi connectivity index (χ3n) is 2.00. The fraction of sp³-hybridized carbons (Fsp3) is 0.100. The molecule has 98 valence electrons. The molecule has 0 fully saturated rings. The summed E-state index contributed by atoms with van der Waals surface area (Å²) < 4.78 is 0. The highest BCUT2D eigenvalue weighted by Crippen LogP contribution is 2.26. The summed E-state index contributed by atoms with van der Waals surface area (Å²) in [5.41, 5.74) is -0.549. The lowest BCUT2D eigenvalue weighted by molar-refractivity contribution is -0.384. The number of carbonyl (C=O) groups is 1. The zero-order valence-electron chi connectivity index (χ0n) is 9.65. The van der Waals surface area contributed by atoms with Crippen LogP contribution in [0.4, 0.5) is 11.4 Å². The van der Waals surface area contributed by atoms with Crippen LogP contribution < -0.4 is 5.32 Å². The van der Waals surface area contributed by atoms with Crippen molar-refractivity contribution in [2.45, 2.75) is 0 Å². The number of nitrogens with zero attached hydrogens (tertiary/aromatic N) is 3. The van der Waals surface area contributed by atoms with Crippen LogP contribution in [0.15, 0.2) is 23.2 Å². The molecule has 0 bridgehead atoms. The third kappa shape index (κ3) is 3.68. The maximum Gasteiger partial charge on any atom is 0.337 e. The molecule has 0 amide bonds. The van der Waals surface area contributed by atoms with Crippen molar-refractivity contribution in [1.29, 1.82) is 5.26 Å². The lowest BCUT2D eigenvalue weighted by Gasteiger charge is -2.03. The molecular formula is C10H8N4O4S. The minimum atomic E-state index is -1.26. The molecular weight excluding hydrogens is 272 g/mol. The Kier molecular flexibility index (Phi) is 4.84. The second-order valence-corrected chi connectivity index (χ2v) is 3.92. The number of nitriles is 1. The van der Waals surface area contributed by atoms with Gasteiger partial charge in [-0.15, -0.1) is 0 Å². The van der Waals surface area contributed by atoms with E-state index < -0.39 is 10.9 Å². The zero-order valence-corrected chi connectivity index (χ0v) is 10.5. The number of nitrogens with one attached hydrogen (secondary N) is 1. The Hall–Kier alpha value is -2.60. The number of aromatic carboxylic acids is 1. The molecule has 2 N–H and O–H groups in total. The lowest BCUT2D eigenvalue weighted by atomic mass is 10.1. The highest BCUT2D eigenvalue weighted by atomic mass is 32.2. The predicted molar refractivity (Wildman–Crippen MR) is 69.4 cm³/mol. The van der Waals surface area contributed by atoms with E-state index in [0.29, 0.717) is 0 Å². The van der Waals surface area contributed by atoms with Gasteiger partial charge in [-0.05, 0) is 12.3 Å². The van der Waals surface area contributed by atoms with Crippen molar-refractivity contribution in [3.63, 3.8) is 0 Å². The van der Waals surface area contributed by atoms with Gasteiger partial charge in [0.1, 0.15) is 0 Å². The first-order valence-electron chi connectivity index (χ1n) is 4.79. The van der Waals surface area contributed by atoms with Crippen molar-refractivity contribution in [2.24, 2.45) is 4.99 Å². The number of nitro benzene ring substituents is 1. The normalized spacial score (nSPS) is 10.6. The van der Waals surface area contributed by atoms with Gasteiger partial charge in [0.25, 0.3) is 5.69 Å². The summed E-state index contributed by atoms with van der Waals surface area (Å²) in [6.45, 7) is 0. The van der Waals surface area contributed by atoms with E-state index in [1.807, 2.05) is 0 Å². The van der Waals surface area contributed by atoms with Gasteiger partial charge in [-0.1, -0.05) is 11.8 Å². The van der Waals surface area contributed by atoms with Crippen molar-refractivity contribution in [1.82, 2.24) is 5.32 Å². The Balaban J connectivity index is 3.36. The molecule has 0 saturated carbocycles. The number of hydrogen-bond acceptors (Lipinski definition) is 6. The van der Waals surface area contributed by atoms with Crippen LogP contribution in [0, 0.1) is 21.6 Å². The van der Waals surface area contributed by atoms with E-state index in [1.54, 1.807) is 12.4 Å². The Morgan fingerprint density at radius 3 is 2.79 bits per heavy atom. The van der Waals surface area contributed by atoms with E-state index in [2.05, 4.69) is 10.3 Å². The number of nitro groups is 1. The summed E-state index contributed by atoms with van der Waals surface area (Å²) in [4.78, 5) is 24.9. The van der Waals surface area contributed by atoms with Gasteiger partial charge in [0, 0.05) is 12.1 Å². The molecule has 19 heavy (non-hydrogen) atoms. The van der Waals surface area contributed by atoms with Gasteiger partial charge < -0.3 is 5.11 Å². The van der Waals surface area contributed by atoms with Crippen LogP contribution in [0.2, 0.25) is 0 Å². The van der Waals surface area contributed by atoms with Crippen molar-refractivity contribution >= 4 is 34.3 Å². The zero-order chi connectivity index (χ0) is 14.4. The number of aliphatic imine (C=N–C) groups is 1. The summed E-state index contributed by atoms with van der Waals surface area (Å²) in [6.07, 6.45) is 3.27. The van der Waals surface area contributed by atoms with Crippen LogP contribution in [0.25, 0.3) is 0 Å². The molecule has 0 aliphatic heterocycles. The summed E-state index contributed by atoms with van der Waals surface area (Å²) >= 11 is 1.08. The van der Waals surface area contributed by atoms with Crippen LogP contribution >= 0.6 is 11.8 Å². The average Bonchev–Trinajstić information content (AvgIpc) is 2.37. The third-order valence-corrected chi connectivity index (χ3v) is 2.58. The summed E-state index contributed by atoms with van der Waals surface area (Å²) in [7, 11) is 0. The topological polar surface area (TPSA) is 129 Å². The van der Waals surface area contributed by atoms with Gasteiger partial charge >= 0.3 is 5.97 Å². The van der Waals surface area contributed by atoms with Gasteiger partial charge in [-0.3, -0.25) is 15.4 Å². The van der Waals surface area contributed by atoms with Crippen molar-refractivity contribution in [3.05, 3.63) is 33.9 Å². The molecule has 0 spiro atoms. The van der Waals surface area contributed by atoms with E-state index >= 15 is 0 Å². The summed E-state index contributed by atoms with van der Waals surface area (Å²) in [5, 5.41) is 30.5. The number of hydrogen-bond donors (Lipinski definition) is 2. The largest absolute Gasteiger partial charge is 0.478 e. The van der Waals surface area contributed by atoms with Gasteiger partial charge in [-0.2, -0.15) is 5.26 Å². The van der Waals surface area contributed by atoms with Gasteiger partial charge in [-0.25, -0.2) is 9.79 Å². The lowest BCUT2D eigenvalue weighted by Crippen LogP contribution is -2.13. The summed E-state index contributed by atoms with van der Waals surface area (Å²) in [6, 6.07) is 3.22. The molecule has 0 heterocycles. The molecule has 0 unspecified atom stereocenters. The number of non-ortho nitro benzene ring substituents is 1. The van der Waals surface area contributed by atoms with Crippen molar-refractivity contribution in [3.8, 4) is 6.19 Å². The Bertz CT molecular complexity index is 594. The van der Waals surface area contributed by atoms with Crippen LogP contribution in [0.3, 0.4) is 0 Å². The molecule has 1 aromatic carbocycles. The first kappa shape index (κ1) is 14.5. The van der Waals surface area contributed by atoms with E-state index in [0.717, 1.165) is 30.0 Å². The monoisotopic (exact) mass is 280 g/mol. The summed E-state index contributed by atoms with van der Waals surface area (Å²) in [5.74, 6) is -1.26. The predicted octanol–water partition coefficient (Wildman–Crippen LogP) is 1.71. The van der Waals surface area contributed by atoms with Gasteiger partial charge in [0.2, 0.25) is 0 Å². The Morgan fingerprint density at radius 1 is 1.63 bits per heavy atom. The van der Waals surface area contributed by atoms with Crippen LogP contribution in [-0.2, 0) is 0 Å². The second-order valence-electron chi connectivity index (χ2n) is 3.12. The molecule has 0 aromatic heterocycles. The standard InChI is InChI=1S/C10H8N4O4S/c1-19-10(12-5-11)13-8-4-6(14(17)18)2-3-7(8)9(15)16/h2-4H,1H3,(H,12,13)(H,15,16). The molecule has 1 rings (SSSR count). The van der Waals surface area contributed by atoms with Crippen molar-refractivity contribution in [2.75, 3.05) is 6.26 Å². The first-order valence-corrected chi connectivity index (χ1v) is 6.01. The SMILES string of the molecule is CSC(=Nc1cc([N+](=O)[O-])ccc1C(=O)O)NC#N. The average molecular weight is 280 g/mol. The van der Waals surface area contributed by atoms with E-state index in [1.165, 1.54) is 0 Å². The van der Waals surface area contributed by atoms with Crippen molar-refractivity contribution < 1.29 is 14.8 Å². The molecule has 8 nitrogen and oxygen atoms in total. The Morgan fingerprint density at radius 2 is 2.32 bits per heavy atom. The second kappa shape index (κ2) is 6.36. The van der Waals surface area contributed by atoms with E-state index in [9.17, 15) is 14.9 Å². The van der Waals surface area contributed by atoms with E-state index in [-0.39, 0.29) is 22.1 Å². The molecule has 0 aliphatic rings. The highest BCUT2D eigenvalue weighted by molar-refractivity contribution is 8.13. The number of benzene rings is 1. The van der Waals surface area contributed by atoms with E-state index in [4.69, 9.17) is 10.4 Å². The number of carboxylic acid groups (broad SMARTS) is 1. The number of thioether (sulfide) groups is 1. The van der Waals surface area contributed by atoms with Gasteiger partial charge in [0.05, 0.1) is 16.2 Å². The van der Waals surface area contributed by atoms with Gasteiger partial charge in [0.15, 0.2) is 11.4 Å². The maximum atomic E-state index is 11.0. The van der Waals surface area contributed by atoms with Crippen LogP contribution in [-0.4, -0.2) is 27.4 Å². The fourth-order valence-electron chi connectivity index (χ4n) is 1.19. The van der Waals surface area contributed by atoms with Crippen LogP contribution in [0.1, 0.15) is 10.4 Å². The first-order chi connectivity index (χ1) is 8.99. The maximum absolute atomic E-state index is 11.0. The molecule has 0 aliphatic carbocycles. The molecule has 0 saturated heterocycles. The molecule has 0 radical (unpaired) electrons. The molecule has 0 atom stereocenters. The minimum absolute atomic E-state index is 0.0891. The quantitative estimate of drug-likeness (QED) is 0.215. The number of carboxylic acids is 1. The smallest absolute Gasteiger partial charge is 0.337 e. The molecule has 9 heteroatoms. The minimum Gasteiger partial charge on any atom is -0.478 e. The number of amidine groups is 1. The molecule has 1 aromatic rings. The fourth-order valence-corrected chi connectivity index (χ4v) is 1.53. The number of rotatable bonds is 3. The Labute approximate surface area is 111 Å². The highest BCUT2D eigenvalue weighted by Gasteiger charge is 2.15.